The summed E-state index contributed by atoms with van der Waals surface area (Å²) in [5, 5.41) is 22.7. The summed E-state index contributed by atoms with van der Waals surface area (Å²) in [5.74, 6) is 1.05. The molecule has 8 nitrogen and oxygen atoms in total. The van der Waals surface area contributed by atoms with Gasteiger partial charge < -0.3 is 15.0 Å². The zero-order valence-corrected chi connectivity index (χ0v) is 23.6. The van der Waals surface area contributed by atoms with Gasteiger partial charge in [0, 0.05) is 42.4 Å². The van der Waals surface area contributed by atoms with Crippen LogP contribution in [-0.2, 0) is 5.41 Å². The van der Waals surface area contributed by atoms with Gasteiger partial charge in [0.15, 0.2) is 6.19 Å². The minimum Gasteiger partial charge on any atom is -0.438 e. The van der Waals surface area contributed by atoms with Gasteiger partial charge in [0.2, 0.25) is 11.8 Å². The number of aromatic nitrogens is 1. The fraction of sp³-hybridized carbons (Fsp3) is 0.235. The number of rotatable bonds is 8. The number of carbonyl (C=O) groups is 1. The van der Waals surface area contributed by atoms with Crippen LogP contribution in [0.1, 0.15) is 41.6 Å². The van der Waals surface area contributed by atoms with Crippen molar-refractivity contribution in [3.63, 3.8) is 0 Å². The number of nitrogens with zero attached hydrogens (tertiary/aromatic N) is 3. The molecule has 3 N–H and O–H groups in total. The number of pyridine rings is 1. The first-order chi connectivity index (χ1) is 20.5. The van der Waals surface area contributed by atoms with Crippen LogP contribution >= 0.6 is 0 Å². The molecule has 0 unspecified atom stereocenters. The van der Waals surface area contributed by atoms with Crippen molar-refractivity contribution in [1.29, 1.82) is 10.7 Å². The van der Waals surface area contributed by atoms with Crippen molar-refractivity contribution in [2.45, 2.75) is 37.1 Å². The highest BCUT2D eigenvalue weighted by Gasteiger charge is 2.38. The van der Waals surface area contributed by atoms with Crippen LogP contribution in [0.25, 0.3) is 11.1 Å². The third-order valence-corrected chi connectivity index (χ3v) is 8.15. The van der Waals surface area contributed by atoms with Gasteiger partial charge in [-0.3, -0.25) is 15.5 Å². The van der Waals surface area contributed by atoms with Crippen LogP contribution in [0.2, 0.25) is 0 Å². The van der Waals surface area contributed by atoms with Crippen LogP contribution in [0.15, 0.2) is 103 Å². The van der Waals surface area contributed by atoms with Crippen molar-refractivity contribution >= 4 is 11.9 Å². The molecule has 0 spiro atoms. The highest BCUT2D eigenvalue weighted by atomic mass is 16.5. The summed E-state index contributed by atoms with van der Waals surface area (Å²) < 4.78 is 6.10. The maximum absolute atomic E-state index is 13.8. The van der Waals surface area contributed by atoms with E-state index in [0.717, 1.165) is 36.8 Å². The van der Waals surface area contributed by atoms with E-state index in [9.17, 15) is 4.79 Å². The van der Waals surface area contributed by atoms with E-state index >= 15 is 0 Å². The Morgan fingerprint density at radius 1 is 0.976 bits per heavy atom. The molecule has 5 rings (SSSR count). The van der Waals surface area contributed by atoms with Crippen molar-refractivity contribution < 1.29 is 9.53 Å². The van der Waals surface area contributed by atoms with Crippen LogP contribution in [0.4, 0.5) is 0 Å². The van der Waals surface area contributed by atoms with Gasteiger partial charge >= 0.3 is 0 Å². The van der Waals surface area contributed by atoms with E-state index in [1.54, 1.807) is 6.20 Å². The van der Waals surface area contributed by atoms with Crippen molar-refractivity contribution in [2.24, 2.45) is 0 Å². The molecule has 0 saturated heterocycles. The van der Waals surface area contributed by atoms with Gasteiger partial charge in [-0.25, -0.2) is 4.98 Å². The minimum absolute atomic E-state index is 0.102. The Hall–Kier alpha value is -5.16. The maximum Gasteiger partial charge on any atom is 0.251 e. The van der Waals surface area contributed by atoms with E-state index in [1.807, 2.05) is 103 Å². The monoisotopic (exact) mass is 558 g/mol. The highest BCUT2D eigenvalue weighted by Crippen LogP contribution is 2.40. The van der Waals surface area contributed by atoms with Gasteiger partial charge in [-0.1, -0.05) is 66.7 Å². The second-order valence-corrected chi connectivity index (χ2v) is 10.6. The number of benzene rings is 3. The lowest BCUT2D eigenvalue weighted by molar-refractivity contribution is 0.0931. The van der Waals surface area contributed by atoms with Crippen LogP contribution in [0.5, 0.6) is 11.6 Å². The molecule has 1 aromatic heterocycles. The van der Waals surface area contributed by atoms with Crippen molar-refractivity contribution in [3.05, 3.63) is 114 Å². The number of para-hydroxylation sites is 1. The normalized spacial score (nSPS) is 17.9. The van der Waals surface area contributed by atoms with E-state index in [-0.39, 0.29) is 23.3 Å². The average Bonchev–Trinajstić information content (AvgIpc) is 3.05. The summed E-state index contributed by atoms with van der Waals surface area (Å²) in [4.78, 5) is 20.1. The Morgan fingerprint density at radius 2 is 1.62 bits per heavy atom. The molecule has 1 aliphatic carbocycles. The molecule has 0 bridgehead atoms. The van der Waals surface area contributed by atoms with Gasteiger partial charge in [-0.05, 0) is 67.1 Å². The fourth-order valence-corrected chi connectivity index (χ4v) is 5.76. The first kappa shape index (κ1) is 28.4. The van der Waals surface area contributed by atoms with Gasteiger partial charge in [0.05, 0.1) is 0 Å². The fourth-order valence-electron chi connectivity index (χ4n) is 5.76. The standard InChI is InChI=1S/C34H34N6O2/c1-40(33(36)39-24-35)26-18-20-34(21-19-26,25-11-4-2-5-12-25)23-38-31(41)29-16-9-8-15-28(29)30-17-10-22-37-32(30)42-27-13-6-3-7-14-27/h2-17,22,26H,18-21,23H2,1H3,(H2,36,39)(H,38,41). The Labute approximate surface area is 246 Å². The Balaban J connectivity index is 1.37. The molecule has 1 aliphatic rings. The second-order valence-electron chi connectivity index (χ2n) is 10.6. The van der Waals surface area contributed by atoms with E-state index in [1.165, 1.54) is 5.56 Å². The molecule has 0 aliphatic heterocycles. The first-order valence-electron chi connectivity index (χ1n) is 14.1. The number of guanidine groups is 1. The molecule has 0 radical (unpaired) electrons. The molecule has 212 valence electrons. The molecule has 1 fully saturated rings. The summed E-state index contributed by atoms with van der Waals surface area (Å²) in [5.41, 5.74) is 2.98. The number of nitrogens with one attached hydrogen (secondary N) is 3. The lowest BCUT2D eigenvalue weighted by Crippen LogP contribution is -2.49. The zero-order valence-electron chi connectivity index (χ0n) is 23.6. The van der Waals surface area contributed by atoms with Crippen LogP contribution in [0.3, 0.4) is 0 Å². The molecule has 1 saturated carbocycles. The van der Waals surface area contributed by atoms with Crippen LogP contribution in [-0.4, -0.2) is 41.4 Å². The Bertz CT molecular complexity index is 1560. The number of amides is 1. The third-order valence-electron chi connectivity index (χ3n) is 8.15. The molecule has 0 atom stereocenters. The summed E-state index contributed by atoms with van der Waals surface area (Å²) in [6, 6.07) is 31.2. The van der Waals surface area contributed by atoms with E-state index < -0.39 is 0 Å². The van der Waals surface area contributed by atoms with Crippen molar-refractivity contribution in [3.8, 4) is 28.9 Å². The van der Waals surface area contributed by atoms with Gasteiger partial charge in [-0.2, -0.15) is 5.26 Å². The molecule has 1 heterocycles. The number of carbonyl (C=O) groups excluding carboxylic acids is 1. The van der Waals surface area contributed by atoms with E-state index in [2.05, 4.69) is 27.8 Å². The third kappa shape index (κ3) is 6.26. The zero-order chi connectivity index (χ0) is 29.4. The largest absolute Gasteiger partial charge is 0.438 e. The Morgan fingerprint density at radius 3 is 2.33 bits per heavy atom. The molecular formula is C34H34N6O2. The number of hydrogen-bond donors (Lipinski definition) is 3. The number of hydrogen-bond acceptors (Lipinski definition) is 5. The molecule has 1 amide bonds. The van der Waals surface area contributed by atoms with Crippen molar-refractivity contribution in [1.82, 2.24) is 20.5 Å². The summed E-state index contributed by atoms with van der Waals surface area (Å²) >= 11 is 0. The van der Waals surface area contributed by atoms with E-state index in [0.29, 0.717) is 23.7 Å². The van der Waals surface area contributed by atoms with Crippen LogP contribution < -0.4 is 15.4 Å². The summed E-state index contributed by atoms with van der Waals surface area (Å²) in [6.45, 7) is 0.481. The smallest absolute Gasteiger partial charge is 0.251 e. The lowest BCUT2D eigenvalue weighted by Gasteiger charge is -2.43. The molecule has 4 aromatic rings. The van der Waals surface area contributed by atoms with Gasteiger partial charge in [0.25, 0.3) is 5.91 Å². The van der Waals surface area contributed by atoms with E-state index in [4.69, 9.17) is 15.4 Å². The second kappa shape index (κ2) is 13.0. The minimum atomic E-state index is -0.246. The topological polar surface area (TPSA) is 114 Å². The van der Waals surface area contributed by atoms with Gasteiger partial charge in [0.1, 0.15) is 5.75 Å². The average molecular weight is 559 g/mol. The summed E-state index contributed by atoms with van der Waals surface area (Å²) in [6.07, 6.45) is 6.86. The highest BCUT2D eigenvalue weighted by molar-refractivity contribution is 6.01. The summed E-state index contributed by atoms with van der Waals surface area (Å²) in [7, 11) is 1.85. The predicted octanol–water partition coefficient (Wildman–Crippen LogP) is 6.09. The quantitative estimate of drug-likeness (QED) is 0.104. The molecule has 42 heavy (non-hydrogen) atoms. The molecule has 8 heteroatoms. The first-order valence-corrected chi connectivity index (χ1v) is 14.1. The lowest BCUT2D eigenvalue weighted by atomic mass is 9.68. The molecule has 3 aromatic carbocycles. The Kier molecular flexibility index (Phi) is 8.78. The van der Waals surface area contributed by atoms with Crippen LogP contribution in [0, 0.1) is 16.9 Å². The predicted molar refractivity (Wildman–Crippen MR) is 163 cm³/mol. The maximum atomic E-state index is 13.8. The molecular weight excluding hydrogens is 524 g/mol. The van der Waals surface area contributed by atoms with Gasteiger partial charge in [-0.15, -0.1) is 0 Å². The number of ether oxygens (including phenoxy) is 1. The SMILES string of the molecule is CN(C(=N)NC#N)C1CCC(CNC(=O)c2ccccc2-c2cccnc2Oc2ccccc2)(c2ccccc2)CC1. The van der Waals surface area contributed by atoms with Crippen molar-refractivity contribution in [2.75, 3.05) is 13.6 Å². The number of nitriles is 1.